The van der Waals surface area contributed by atoms with Crippen molar-refractivity contribution >= 4 is 23.3 Å². The molecule has 1 amide bonds. The van der Waals surface area contributed by atoms with Gasteiger partial charge in [-0.3, -0.25) is 19.7 Å². The number of methoxy groups -OCH3 is 1. The number of hydrogen-bond acceptors (Lipinski definition) is 6. The Morgan fingerprint density at radius 1 is 1.43 bits per heavy atom. The number of hydrogen-bond donors (Lipinski definition) is 1. The number of carbonyl (C=O) groups excluding carboxylic acids is 2. The second-order valence-electron chi connectivity index (χ2n) is 4.62. The molecule has 8 nitrogen and oxygen atoms in total. The number of nitrogens with two attached hydrogens (primary N) is 1. The molecular weight excluding hydrogens is 278 g/mol. The highest BCUT2D eigenvalue weighted by atomic mass is 16.6. The van der Waals surface area contributed by atoms with Crippen LogP contribution in [0.5, 0.6) is 0 Å². The summed E-state index contributed by atoms with van der Waals surface area (Å²) in [6, 6.07) is 3.57. The average molecular weight is 295 g/mol. The third-order valence-electron chi connectivity index (χ3n) is 2.92. The second kappa shape index (κ2) is 6.69. The molecule has 114 valence electrons. The number of carbonyl (C=O) groups is 2. The number of rotatable bonds is 6. The molecule has 0 aliphatic rings. The summed E-state index contributed by atoms with van der Waals surface area (Å²) in [4.78, 5) is 34.8. The van der Waals surface area contributed by atoms with E-state index in [0.29, 0.717) is 0 Å². The van der Waals surface area contributed by atoms with E-state index in [0.717, 1.165) is 0 Å². The Morgan fingerprint density at radius 2 is 2.05 bits per heavy atom. The van der Waals surface area contributed by atoms with E-state index in [1.807, 2.05) is 0 Å². The highest BCUT2D eigenvalue weighted by Crippen LogP contribution is 2.30. The molecule has 0 aliphatic heterocycles. The smallest absolute Gasteiger partial charge is 0.325 e. The van der Waals surface area contributed by atoms with Crippen molar-refractivity contribution in [2.45, 2.75) is 19.9 Å². The molecule has 0 bridgehead atoms. The zero-order valence-electron chi connectivity index (χ0n) is 12.0. The van der Waals surface area contributed by atoms with E-state index in [4.69, 9.17) is 5.73 Å². The summed E-state index contributed by atoms with van der Waals surface area (Å²) in [6.45, 7) is 3.37. The fourth-order valence-corrected chi connectivity index (χ4v) is 1.81. The van der Waals surface area contributed by atoms with Crippen LogP contribution in [0.1, 0.15) is 24.2 Å². The van der Waals surface area contributed by atoms with Gasteiger partial charge in [-0.15, -0.1) is 0 Å². The van der Waals surface area contributed by atoms with Gasteiger partial charge in [0.25, 0.3) is 5.69 Å². The van der Waals surface area contributed by atoms with Crippen LogP contribution in [0.2, 0.25) is 0 Å². The van der Waals surface area contributed by atoms with Crippen molar-refractivity contribution in [3.05, 3.63) is 33.9 Å². The topological polar surface area (TPSA) is 116 Å². The van der Waals surface area contributed by atoms with Gasteiger partial charge in [0.1, 0.15) is 12.2 Å². The lowest BCUT2D eigenvalue weighted by Crippen LogP contribution is -2.36. The highest BCUT2D eigenvalue weighted by molar-refractivity contribution is 5.95. The summed E-state index contributed by atoms with van der Waals surface area (Å²) in [5, 5.41) is 11.1. The van der Waals surface area contributed by atoms with E-state index in [9.17, 15) is 19.7 Å². The minimum absolute atomic E-state index is 0.131. The number of nitro groups is 1. The minimum Gasteiger partial charge on any atom is -0.468 e. The van der Waals surface area contributed by atoms with Gasteiger partial charge in [0.2, 0.25) is 5.91 Å². The van der Waals surface area contributed by atoms with Crippen molar-refractivity contribution in [3.8, 4) is 0 Å². The number of benzene rings is 1. The molecule has 0 saturated heterocycles. The van der Waals surface area contributed by atoms with Gasteiger partial charge in [-0.2, -0.15) is 0 Å². The molecule has 21 heavy (non-hydrogen) atoms. The maximum atomic E-state index is 11.5. The Balaban J connectivity index is 3.38. The number of nitro benzene ring substituents is 1. The van der Waals surface area contributed by atoms with Gasteiger partial charge in [-0.1, -0.05) is 0 Å². The third kappa shape index (κ3) is 3.91. The van der Waals surface area contributed by atoms with Gasteiger partial charge in [0.15, 0.2) is 0 Å². The first-order chi connectivity index (χ1) is 9.77. The molecule has 8 heteroatoms. The van der Waals surface area contributed by atoms with Crippen LogP contribution in [0.3, 0.4) is 0 Å². The number of esters is 1. The second-order valence-corrected chi connectivity index (χ2v) is 4.62. The van der Waals surface area contributed by atoms with Crippen molar-refractivity contribution in [1.29, 1.82) is 0 Å². The van der Waals surface area contributed by atoms with Crippen LogP contribution < -0.4 is 10.6 Å². The van der Waals surface area contributed by atoms with Gasteiger partial charge < -0.3 is 15.4 Å². The zero-order chi connectivity index (χ0) is 16.2. The van der Waals surface area contributed by atoms with Gasteiger partial charge in [-0.25, -0.2) is 0 Å². The van der Waals surface area contributed by atoms with Crippen molar-refractivity contribution in [2.75, 3.05) is 18.6 Å². The third-order valence-corrected chi connectivity index (χ3v) is 2.92. The van der Waals surface area contributed by atoms with Gasteiger partial charge in [0.05, 0.1) is 12.0 Å². The molecule has 0 fully saturated rings. The minimum atomic E-state index is -0.701. The molecule has 2 N–H and O–H groups in total. The summed E-state index contributed by atoms with van der Waals surface area (Å²) in [5.41, 5.74) is 5.26. The Morgan fingerprint density at radius 3 is 2.48 bits per heavy atom. The normalized spacial score (nSPS) is 10.3. The molecule has 0 heterocycles. The molecule has 0 radical (unpaired) electrons. The van der Waals surface area contributed by atoms with E-state index >= 15 is 0 Å². The Hall–Kier alpha value is -2.64. The van der Waals surface area contributed by atoms with Crippen LogP contribution in [0, 0.1) is 10.1 Å². The highest BCUT2D eigenvalue weighted by Gasteiger charge is 2.25. The van der Waals surface area contributed by atoms with E-state index in [1.54, 1.807) is 13.8 Å². The Labute approximate surface area is 121 Å². The van der Waals surface area contributed by atoms with Crippen LogP contribution in [0.15, 0.2) is 18.2 Å². The molecule has 0 unspecified atom stereocenters. The first kappa shape index (κ1) is 16.4. The molecule has 1 rings (SSSR count). The number of ether oxygens (including phenoxy) is 1. The fraction of sp³-hybridized carbons (Fsp3) is 0.385. The quantitative estimate of drug-likeness (QED) is 0.477. The van der Waals surface area contributed by atoms with Gasteiger partial charge in [-0.05, 0) is 26.0 Å². The SMILES string of the molecule is COC(=O)CN(c1cc(C(N)=O)ccc1[N+](=O)[O-])C(C)C. The number of nitrogens with zero attached hydrogens (tertiary/aromatic N) is 2. The maximum absolute atomic E-state index is 11.5. The Kier molecular flexibility index (Phi) is 5.23. The lowest BCUT2D eigenvalue weighted by atomic mass is 10.1. The summed E-state index contributed by atoms with van der Waals surface area (Å²) in [6.07, 6.45) is 0. The lowest BCUT2D eigenvalue weighted by Gasteiger charge is -2.27. The maximum Gasteiger partial charge on any atom is 0.325 e. The van der Waals surface area contributed by atoms with E-state index in [2.05, 4.69) is 4.74 Å². The first-order valence-electron chi connectivity index (χ1n) is 6.19. The zero-order valence-corrected chi connectivity index (χ0v) is 12.0. The van der Waals surface area contributed by atoms with Crippen molar-refractivity contribution in [3.63, 3.8) is 0 Å². The van der Waals surface area contributed by atoms with Crippen molar-refractivity contribution < 1.29 is 19.2 Å². The van der Waals surface area contributed by atoms with Crippen LogP contribution in [0.4, 0.5) is 11.4 Å². The van der Waals surface area contributed by atoms with Crippen molar-refractivity contribution in [2.24, 2.45) is 5.73 Å². The number of amides is 1. The molecule has 1 aromatic carbocycles. The molecular formula is C13H17N3O5. The van der Waals surface area contributed by atoms with Gasteiger partial charge >= 0.3 is 5.97 Å². The number of anilines is 1. The van der Waals surface area contributed by atoms with Crippen LogP contribution in [-0.2, 0) is 9.53 Å². The van der Waals surface area contributed by atoms with Gasteiger partial charge in [0, 0.05) is 17.7 Å². The summed E-state index contributed by atoms with van der Waals surface area (Å²) in [5.74, 6) is -1.24. The predicted molar refractivity (Wildman–Crippen MR) is 76.1 cm³/mol. The molecule has 0 saturated carbocycles. The average Bonchev–Trinajstić information content (AvgIpc) is 2.43. The molecule has 1 aromatic rings. The predicted octanol–water partition coefficient (Wildman–Crippen LogP) is 1.08. The number of primary amides is 1. The summed E-state index contributed by atoms with van der Waals surface area (Å²) in [7, 11) is 1.23. The van der Waals surface area contributed by atoms with Crippen LogP contribution in [-0.4, -0.2) is 36.5 Å². The summed E-state index contributed by atoms with van der Waals surface area (Å²) >= 11 is 0. The van der Waals surface area contributed by atoms with E-state index in [-0.39, 0.29) is 29.5 Å². The van der Waals surface area contributed by atoms with Crippen LogP contribution in [0.25, 0.3) is 0 Å². The lowest BCUT2D eigenvalue weighted by molar-refractivity contribution is -0.384. The Bertz CT molecular complexity index is 571. The van der Waals surface area contributed by atoms with Crippen LogP contribution >= 0.6 is 0 Å². The van der Waals surface area contributed by atoms with Crippen molar-refractivity contribution in [1.82, 2.24) is 0 Å². The molecule has 0 aromatic heterocycles. The molecule has 0 aliphatic carbocycles. The van der Waals surface area contributed by atoms with E-state index in [1.165, 1.54) is 30.2 Å². The molecule has 0 spiro atoms. The molecule has 0 atom stereocenters. The first-order valence-corrected chi connectivity index (χ1v) is 6.19. The monoisotopic (exact) mass is 295 g/mol. The fourth-order valence-electron chi connectivity index (χ4n) is 1.81. The van der Waals surface area contributed by atoms with E-state index < -0.39 is 16.8 Å². The summed E-state index contributed by atoms with van der Waals surface area (Å²) < 4.78 is 4.59. The largest absolute Gasteiger partial charge is 0.468 e. The standard InChI is InChI=1S/C13H17N3O5/c1-8(2)15(7-12(17)21-3)11-6-9(13(14)18)4-5-10(11)16(19)20/h4-6,8H,7H2,1-3H3,(H2,14,18).